The van der Waals surface area contributed by atoms with E-state index in [1.54, 1.807) is 16.2 Å². The van der Waals surface area contributed by atoms with Crippen molar-refractivity contribution in [2.24, 2.45) is 0 Å². The number of hydrogen-bond donors (Lipinski definition) is 1. The average Bonchev–Trinajstić information content (AvgIpc) is 3.19. The van der Waals surface area contributed by atoms with Crippen molar-refractivity contribution in [3.63, 3.8) is 0 Å². The lowest BCUT2D eigenvalue weighted by Crippen LogP contribution is -2.46. The van der Waals surface area contributed by atoms with Crippen LogP contribution >= 0.6 is 11.3 Å². The van der Waals surface area contributed by atoms with E-state index in [1.165, 1.54) is 0 Å². The Kier molecular flexibility index (Phi) is 4.46. The molecule has 0 saturated carbocycles. The second-order valence-corrected chi connectivity index (χ2v) is 5.52. The van der Waals surface area contributed by atoms with Crippen LogP contribution in [0.1, 0.15) is 5.89 Å². The normalized spacial score (nSPS) is 15.1. The predicted molar refractivity (Wildman–Crippen MR) is 77.1 cm³/mol. The highest BCUT2D eigenvalue weighted by atomic mass is 32.1. The zero-order chi connectivity index (χ0) is 14.5. The maximum atomic E-state index is 11.9. The van der Waals surface area contributed by atoms with Gasteiger partial charge in [0.25, 0.3) is 0 Å². The Morgan fingerprint density at radius 2 is 2.29 bits per heavy atom. The first-order chi connectivity index (χ1) is 10.3. The summed E-state index contributed by atoms with van der Waals surface area (Å²) in [5.74, 6) is 1.13. The fourth-order valence-corrected chi connectivity index (χ4v) is 2.67. The van der Waals surface area contributed by atoms with Crippen LogP contribution in [0.25, 0.3) is 10.7 Å². The standard InChI is InChI=1S/C13H16N4O3S/c18-13(17-5-7-19-8-6-17)14-4-3-11-15-12(16-20-11)10-2-1-9-21-10/h1-2,9H,3-8H2,(H,14,18). The van der Waals surface area contributed by atoms with E-state index in [1.807, 2.05) is 17.5 Å². The number of hydrogen-bond acceptors (Lipinski definition) is 6. The van der Waals surface area contributed by atoms with Crippen LogP contribution < -0.4 is 5.32 Å². The number of urea groups is 1. The number of carbonyl (C=O) groups excluding carboxylic acids is 1. The van der Waals surface area contributed by atoms with E-state index in [0.29, 0.717) is 51.0 Å². The average molecular weight is 308 g/mol. The molecule has 1 saturated heterocycles. The Morgan fingerprint density at radius 3 is 3.05 bits per heavy atom. The van der Waals surface area contributed by atoms with Gasteiger partial charge in [0.2, 0.25) is 11.7 Å². The monoisotopic (exact) mass is 308 g/mol. The Bertz CT molecular complexity index is 578. The van der Waals surface area contributed by atoms with Crippen LogP contribution in [0.3, 0.4) is 0 Å². The molecule has 0 unspecified atom stereocenters. The molecule has 1 aliphatic heterocycles. The zero-order valence-corrected chi connectivity index (χ0v) is 12.3. The van der Waals surface area contributed by atoms with Gasteiger partial charge in [0.15, 0.2) is 0 Å². The van der Waals surface area contributed by atoms with Gasteiger partial charge in [-0.15, -0.1) is 11.3 Å². The van der Waals surface area contributed by atoms with Crippen LogP contribution in [0.2, 0.25) is 0 Å². The molecule has 1 aliphatic rings. The molecular formula is C13H16N4O3S. The summed E-state index contributed by atoms with van der Waals surface area (Å²) in [5, 5.41) is 8.75. The summed E-state index contributed by atoms with van der Waals surface area (Å²) < 4.78 is 10.4. The number of carbonyl (C=O) groups is 1. The fourth-order valence-electron chi connectivity index (χ4n) is 2.02. The molecule has 7 nitrogen and oxygen atoms in total. The van der Waals surface area contributed by atoms with Crippen LogP contribution in [0, 0.1) is 0 Å². The van der Waals surface area contributed by atoms with Gasteiger partial charge in [-0.3, -0.25) is 0 Å². The van der Waals surface area contributed by atoms with Crippen LogP contribution in [-0.4, -0.2) is 53.9 Å². The van der Waals surface area contributed by atoms with E-state index in [9.17, 15) is 4.79 Å². The Labute approximate surface area is 125 Å². The maximum absolute atomic E-state index is 11.9. The quantitative estimate of drug-likeness (QED) is 0.923. The minimum absolute atomic E-state index is 0.0729. The number of amides is 2. The molecule has 0 bridgehead atoms. The van der Waals surface area contributed by atoms with Crippen LogP contribution in [0.5, 0.6) is 0 Å². The molecule has 8 heteroatoms. The third-order valence-corrected chi connectivity index (χ3v) is 3.99. The maximum Gasteiger partial charge on any atom is 0.317 e. The van der Waals surface area contributed by atoms with Crippen LogP contribution in [0.15, 0.2) is 22.0 Å². The fraction of sp³-hybridized carbons (Fsp3) is 0.462. The summed E-state index contributed by atoms with van der Waals surface area (Å²) in [7, 11) is 0. The summed E-state index contributed by atoms with van der Waals surface area (Å²) in [6.07, 6.45) is 0.522. The predicted octanol–water partition coefficient (Wildman–Crippen LogP) is 1.38. The van der Waals surface area contributed by atoms with Crippen molar-refractivity contribution in [2.45, 2.75) is 6.42 Å². The van der Waals surface area contributed by atoms with Crippen molar-refractivity contribution in [3.05, 3.63) is 23.4 Å². The molecule has 2 aromatic heterocycles. The molecule has 2 aromatic rings. The second kappa shape index (κ2) is 6.68. The van der Waals surface area contributed by atoms with Crippen molar-refractivity contribution < 1.29 is 14.1 Å². The van der Waals surface area contributed by atoms with Gasteiger partial charge in [-0.1, -0.05) is 11.2 Å². The summed E-state index contributed by atoms with van der Waals surface area (Å²) in [6, 6.07) is 3.81. The largest absolute Gasteiger partial charge is 0.378 e. The van der Waals surface area contributed by atoms with E-state index < -0.39 is 0 Å². The third kappa shape index (κ3) is 3.59. The first-order valence-corrected chi connectivity index (χ1v) is 7.68. The third-order valence-electron chi connectivity index (χ3n) is 3.12. The van der Waals surface area contributed by atoms with Gasteiger partial charge in [0, 0.05) is 26.1 Å². The highest BCUT2D eigenvalue weighted by Gasteiger charge is 2.16. The molecule has 112 valence electrons. The van der Waals surface area contributed by atoms with Crippen molar-refractivity contribution in [2.75, 3.05) is 32.8 Å². The van der Waals surface area contributed by atoms with Crippen molar-refractivity contribution >= 4 is 17.4 Å². The van der Waals surface area contributed by atoms with E-state index in [4.69, 9.17) is 9.26 Å². The van der Waals surface area contributed by atoms with Gasteiger partial charge < -0.3 is 19.5 Å². The van der Waals surface area contributed by atoms with E-state index in [-0.39, 0.29) is 6.03 Å². The SMILES string of the molecule is O=C(NCCc1nc(-c2cccs2)no1)N1CCOCC1. The molecule has 3 heterocycles. The summed E-state index contributed by atoms with van der Waals surface area (Å²) in [4.78, 5) is 18.9. The topological polar surface area (TPSA) is 80.5 Å². The molecule has 0 aliphatic carbocycles. The first kappa shape index (κ1) is 14.0. The number of nitrogens with zero attached hydrogens (tertiary/aromatic N) is 3. The molecule has 1 fully saturated rings. The van der Waals surface area contributed by atoms with Gasteiger partial charge in [0.1, 0.15) is 0 Å². The van der Waals surface area contributed by atoms with Crippen LogP contribution in [-0.2, 0) is 11.2 Å². The number of nitrogens with one attached hydrogen (secondary N) is 1. The Balaban J connectivity index is 1.46. The Morgan fingerprint density at radius 1 is 1.43 bits per heavy atom. The molecule has 0 aromatic carbocycles. The number of aromatic nitrogens is 2. The smallest absolute Gasteiger partial charge is 0.317 e. The van der Waals surface area contributed by atoms with Gasteiger partial charge in [-0.2, -0.15) is 4.98 Å². The molecule has 3 rings (SSSR count). The number of thiophene rings is 1. The minimum Gasteiger partial charge on any atom is -0.378 e. The lowest BCUT2D eigenvalue weighted by Gasteiger charge is -2.26. The number of rotatable bonds is 4. The summed E-state index contributed by atoms with van der Waals surface area (Å²) >= 11 is 1.56. The number of ether oxygens (including phenoxy) is 1. The lowest BCUT2D eigenvalue weighted by molar-refractivity contribution is 0.0532. The molecule has 0 spiro atoms. The zero-order valence-electron chi connectivity index (χ0n) is 11.4. The highest BCUT2D eigenvalue weighted by molar-refractivity contribution is 7.13. The Hall–Kier alpha value is -1.93. The highest BCUT2D eigenvalue weighted by Crippen LogP contribution is 2.21. The molecule has 0 atom stereocenters. The van der Waals surface area contributed by atoms with E-state index in [2.05, 4.69) is 15.5 Å². The van der Waals surface area contributed by atoms with Crippen molar-refractivity contribution in [1.29, 1.82) is 0 Å². The number of morpholine rings is 1. The first-order valence-electron chi connectivity index (χ1n) is 6.80. The molecule has 0 radical (unpaired) electrons. The minimum atomic E-state index is -0.0729. The lowest BCUT2D eigenvalue weighted by atomic mass is 10.4. The van der Waals surface area contributed by atoms with E-state index in [0.717, 1.165) is 4.88 Å². The molecular weight excluding hydrogens is 292 g/mol. The van der Waals surface area contributed by atoms with Crippen molar-refractivity contribution in [1.82, 2.24) is 20.4 Å². The van der Waals surface area contributed by atoms with Gasteiger partial charge in [-0.05, 0) is 11.4 Å². The van der Waals surface area contributed by atoms with Gasteiger partial charge in [0.05, 0.1) is 18.1 Å². The molecule has 21 heavy (non-hydrogen) atoms. The van der Waals surface area contributed by atoms with Crippen LogP contribution in [0.4, 0.5) is 4.79 Å². The second-order valence-electron chi connectivity index (χ2n) is 4.57. The summed E-state index contributed by atoms with van der Waals surface area (Å²) in [5.41, 5.74) is 0. The van der Waals surface area contributed by atoms with Crippen molar-refractivity contribution in [3.8, 4) is 10.7 Å². The van der Waals surface area contributed by atoms with Gasteiger partial charge >= 0.3 is 6.03 Å². The molecule has 2 amide bonds. The van der Waals surface area contributed by atoms with E-state index >= 15 is 0 Å². The summed E-state index contributed by atoms with van der Waals surface area (Å²) in [6.45, 7) is 2.94. The molecule has 1 N–H and O–H groups in total. The van der Waals surface area contributed by atoms with Gasteiger partial charge in [-0.25, -0.2) is 4.79 Å².